The largest absolute Gasteiger partial charge is 0.480 e. The van der Waals surface area contributed by atoms with Crippen LogP contribution in [0.3, 0.4) is 0 Å². The summed E-state index contributed by atoms with van der Waals surface area (Å²) in [5.41, 5.74) is 1.07. The van der Waals surface area contributed by atoms with Crippen molar-refractivity contribution >= 4 is 27.5 Å². The maximum atomic E-state index is 10.7. The van der Waals surface area contributed by atoms with E-state index in [1.165, 1.54) is 11.3 Å². The number of para-hydroxylation sites is 1. The molecule has 0 amide bonds. The molecule has 1 heterocycles. The molecule has 2 rings (SSSR count). The number of rotatable bonds is 2. The van der Waals surface area contributed by atoms with Crippen LogP contribution in [-0.2, 0) is 11.8 Å². The van der Waals surface area contributed by atoms with Crippen LogP contribution in [0.4, 0.5) is 0 Å². The van der Waals surface area contributed by atoms with E-state index in [1.54, 1.807) is 6.92 Å². The molecule has 0 aliphatic heterocycles. The molecule has 0 fully saturated rings. The van der Waals surface area contributed by atoms with Gasteiger partial charge in [0.1, 0.15) is 6.04 Å². The van der Waals surface area contributed by atoms with E-state index in [2.05, 4.69) is 4.99 Å². The van der Waals surface area contributed by atoms with Crippen LogP contribution >= 0.6 is 11.3 Å². The lowest BCUT2D eigenvalue weighted by Gasteiger charge is -1.98. The first-order valence-electron chi connectivity index (χ1n) is 4.91. The number of benzene rings is 1. The Morgan fingerprint density at radius 1 is 1.50 bits per heavy atom. The molecule has 1 unspecified atom stereocenters. The van der Waals surface area contributed by atoms with E-state index in [0.29, 0.717) is 0 Å². The molecule has 0 radical (unpaired) electrons. The molecule has 16 heavy (non-hydrogen) atoms. The molecule has 84 valence electrons. The van der Waals surface area contributed by atoms with Crippen molar-refractivity contribution in [1.29, 1.82) is 0 Å². The van der Waals surface area contributed by atoms with Gasteiger partial charge in [-0.15, -0.1) is 0 Å². The maximum Gasteiger partial charge on any atom is 0.328 e. The molecule has 0 spiro atoms. The monoisotopic (exact) mass is 236 g/mol. The predicted molar refractivity (Wildman–Crippen MR) is 63.5 cm³/mol. The third kappa shape index (κ3) is 1.86. The van der Waals surface area contributed by atoms with Crippen molar-refractivity contribution in [2.45, 2.75) is 13.0 Å². The van der Waals surface area contributed by atoms with E-state index in [-0.39, 0.29) is 0 Å². The second kappa shape index (κ2) is 4.09. The zero-order valence-electron chi connectivity index (χ0n) is 9.04. The first kappa shape index (κ1) is 10.9. The Balaban J connectivity index is 2.62. The van der Waals surface area contributed by atoms with Crippen LogP contribution in [0, 0.1) is 0 Å². The summed E-state index contributed by atoms with van der Waals surface area (Å²) in [4.78, 5) is 15.6. The molecule has 1 aromatic carbocycles. The molecule has 0 bridgehead atoms. The summed E-state index contributed by atoms with van der Waals surface area (Å²) >= 11 is 1.50. The van der Waals surface area contributed by atoms with Crippen LogP contribution in [0.25, 0.3) is 10.2 Å². The van der Waals surface area contributed by atoms with Gasteiger partial charge < -0.3 is 9.67 Å². The predicted octanol–water partition coefficient (Wildman–Crippen LogP) is 1.61. The second-order valence-electron chi connectivity index (χ2n) is 3.55. The quantitative estimate of drug-likeness (QED) is 0.861. The molecule has 4 nitrogen and oxygen atoms in total. The molecule has 0 aliphatic rings. The van der Waals surface area contributed by atoms with Crippen LogP contribution in [0.1, 0.15) is 6.92 Å². The van der Waals surface area contributed by atoms with Crippen LogP contribution in [0.15, 0.2) is 29.3 Å². The zero-order valence-corrected chi connectivity index (χ0v) is 9.86. The van der Waals surface area contributed by atoms with E-state index < -0.39 is 12.0 Å². The number of nitrogens with zero attached hydrogens (tertiary/aromatic N) is 2. The summed E-state index contributed by atoms with van der Waals surface area (Å²) in [5, 5.41) is 8.81. The van der Waals surface area contributed by atoms with Crippen molar-refractivity contribution in [3.05, 3.63) is 29.1 Å². The number of fused-ring (bicyclic) bond motifs is 1. The number of hydrogen-bond donors (Lipinski definition) is 1. The van der Waals surface area contributed by atoms with Crippen molar-refractivity contribution in [3.8, 4) is 0 Å². The van der Waals surface area contributed by atoms with Crippen molar-refractivity contribution in [2.24, 2.45) is 12.0 Å². The van der Waals surface area contributed by atoms with E-state index in [1.807, 2.05) is 35.9 Å². The Hall–Kier alpha value is -1.62. The summed E-state index contributed by atoms with van der Waals surface area (Å²) in [6.07, 6.45) is 0. The normalized spacial score (nSPS) is 14.2. The number of aryl methyl sites for hydroxylation is 1. The number of aliphatic carboxylic acids is 1. The number of carbonyl (C=O) groups is 1. The first-order chi connectivity index (χ1) is 7.59. The fourth-order valence-electron chi connectivity index (χ4n) is 1.42. The van der Waals surface area contributed by atoms with Gasteiger partial charge in [0.2, 0.25) is 0 Å². The fourth-order valence-corrected chi connectivity index (χ4v) is 2.52. The van der Waals surface area contributed by atoms with Crippen molar-refractivity contribution in [2.75, 3.05) is 0 Å². The minimum Gasteiger partial charge on any atom is -0.480 e. The third-order valence-corrected chi connectivity index (χ3v) is 3.50. The highest BCUT2D eigenvalue weighted by molar-refractivity contribution is 7.16. The van der Waals surface area contributed by atoms with Crippen LogP contribution in [0.2, 0.25) is 0 Å². The minimum absolute atomic E-state index is 0.709. The number of thiazole rings is 1. The highest BCUT2D eigenvalue weighted by atomic mass is 32.1. The van der Waals surface area contributed by atoms with Gasteiger partial charge in [-0.1, -0.05) is 23.5 Å². The highest BCUT2D eigenvalue weighted by Crippen LogP contribution is 2.15. The van der Waals surface area contributed by atoms with Crippen molar-refractivity contribution in [3.63, 3.8) is 0 Å². The van der Waals surface area contributed by atoms with Gasteiger partial charge in [0, 0.05) is 7.05 Å². The Kier molecular flexibility index (Phi) is 2.78. The average molecular weight is 236 g/mol. The average Bonchev–Trinajstić information content (AvgIpc) is 2.56. The van der Waals surface area contributed by atoms with Crippen molar-refractivity contribution in [1.82, 2.24) is 4.57 Å². The van der Waals surface area contributed by atoms with Crippen LogP contribution in [-0.4, -0.2) is 21.7 Å². The summed E-state index contributed by atoms with van der Waals surface area (Å²) < 4.78 is 3.03. The second-order valence-corrected chi connectivity index (χ2v) is 4.56. The SMILES string of the molecule is CC(N=c1sc2ccccc2n1C)C(=O)O. The Morgan fingerprint density at radius 2 is 2.19 bits per heavy atom. The number of hydrogen-bond acceptors (Lipinski definition) is 3. The van der Waals surface area contributed by atoms with Gasteiger partial charge in [-0.3, -0.25) is 0 Å². The summed E-state index contributed by atoms with van der Waals surface area (Å²) in [6, 6.07) is 7.21. The van der Waals surface area contributed by atoms with E-state index in [4.69, 9.17) is 5.11 Å². The summed E-state index contributed by atoms with van der Waals surface area (Å²) in [5.74, 6) is -0.905. The third-order valence-electron chi connectivity index (χ3n) is 2.38. The molecule has 0 saturated carbocycles. The smallest absolute Gasteiger partial charge is 0.328 e. The van der Waals surface area contributed by atoms with Gasteiger partial charge in [0.25, 0.3) is 0 Å². The molecule has 5 heteroatoms. The van der Waals surface area contributed by atoms with Gasteiger partial charge in [-0.25, -0.2) is 9.79 Å². The Morgan fingerprint density at radius 3 is 2.81 bits per heavy atom. The maximum absolute atomic E-state index is 10.7. The van der Waals surface area contributed by atoms with E-state index >= 15 is 0 Å². The topological polar surface area (TPSA) is 54.6 Å². The zero-order chi connectivity index (χ0) is 11.7. The lowest BCUT2D eigenvalue weighted by Crippen LogP contribution is -2.20. The van der Waals surface area contributed by atoms with E-state index in [9.17, 15) is 4.79 Å². The minimum atomic E-state index is -0.905. The molecule has 0 aliphatic carbocycles. The molecule has 2 aromatic rings. The summed E-state index contributed by atoms with van der Waals surface area (Å²) in [7, 11) is 1.90. The number of carboxylic acids is 1. The Bertz CT molecular complexity index is 597. The van der Waals surface area contributed by atoms with Gasteiger partial charge in [0.15, 0.2) is 4.80 Å². The number of aromatic nitrogens is 1. The van der Waals surface area contributed by atoms with Crippen LogP contribution in [0.5, 0.6) is 0 Å². The molecule has 1 atom stereocenters. The summed E-state index contributed by atoms with van der Waals surface area (Å²) in [6.45, 7) is 1.58. The van der Waals surface area contributed by atoms with Gasteiger partial charge >= 0.3 is 5.97 Å². The molecule has 1 aromatic heterocycles. The molecule has 1 N–H and O–H groups in total. The number of carboxylic acid groups (broad SMARTS) is 1. The van der Waals surface area contributed by atoms with Gasteiger partial charge in [-0.05, 0) is 19.1 Å². The lowest BCUT2D eigenvalue weighted by atomic mass is 10.3. The highest BCUT2D eigenvalue weighted by Gasteiger charge is 2.09. The van der Waals surface area contributed by atoms with Gasteiger partial charge in [0.05, 0.1) is 10.2 Å². The molecular formula is C11H12N2O2S. The van der Waals surface area contributed by atoms with Crippen LogP contribution < -0.4 is 4.80 Å². The fraction of sp³-hybridized carbons (Fsp3) is 0.273. The molecular weight excluding hydrogens is 224 g/mol. The standard InChI is InChI=1S/C11H12N2O2S/c1-7(10(14)15)12-11-13(2)8-5-3-4-6-9(8)16-11/h3-7H,1-2H3,(H,14,15). The molecule has 0 saturated heterocycles. The van der Waals surface area contributed by atoms with Crippen molar-refractivity contribution < 1.29 is 9.90 Å². The van der Waals surface area contributed by atoms with Gasteiger partial charge in [-0.2, -0.15) is 0 Å². The van der Waals surface area contributed by atoms with E-state index in [0.717, 1.165) is 15.0 Å². The first-order valence-corrected chi connectivity index (χ1v) is 5.72. The lowest BCUT2D eigenvalue weighted by molar-refractivity contribution is -0.138. The Labute approximate surface area is 96.5 Å².